The summed E-state index contributed by atoms with van der Waals surface area (Å²) < 4.78 is 6.00. The van der Waals surface area contributed by atoms with Crippen molar-refractivity contribution in [2.45, 2.75) is 111 Å². The van der Waals surface area contributed by atoms with E-state index in [4.69, 9.17) is 16.2 Å². The summed E-state index contributed by atoms with van der Waals surface area (Å²) in [4.78, 5) is 89.6. The average Bonchev–Trinajstić information content (AvgIpc) is 3.20. The topological polar surface area (TPSA) is 250 Å². The van der Waals surface area contributed by atoms with Gasteiger partial charge in [-0.2, -0.15) is 0 Å². The van der Waals surface area contributed by atoms with Crippen molar-refractivity contribution in [1.82, 2.24) is 31.2 Å². The van der Waals surface area contributed by atoms with Crippen LogP contribution in [0.15, 0.2) is 60.7 Å². The molecule has 4 bridgehead atoms. The number of nitrogens with one attached hydrogen (secondary N) is 5. The molecule has 0 saturated heterocycles. The molecular formula is C48H61N9O7. The largest absolute Gasteiger partial charge is 0.373 e. The van der Waals surface area contributed by atoms with Gasteiger partial charge in [0.05, 0.1) is 47.8 Å². The molecule has 64 heavy (non-hydrogen) atoms. The number of anilines is 1. The molecule has 3 aromatic carbocycles. The maximum Gasteiger partial charge on any atom is 0.255 e. The number of rotatable bonds is 12. The van der Waals surface area contributed by atoms with Crippen LogP contribution in [0.25, 0.3) is 22.5 Å². The Morgan fingerprint density at radius 3 is 2.11 bits per heavy atom. The van der Waals surface area contributed by atoms with Crippen LogP contribution in [0.4, 0.5) is 5.69 Å². The van der Waals surface area contributed by atoms with Crippen LogP contribution in [0.5, 0.6) is 0 Å². The molecule has 0 fully saturated rings. The first kappa shape index (κ1) is 48.5. The van der Waals surface area contributed by atoms with Gasteiger partial charge in [0.25, 0.3) is 5.91 Å². The van der Waals surface area contributed by atoms with Crippen LogP contribution in [-0.2, 0) is 47.0 Å². The molecule has 9 N–H and O–H groups in total. The number of benzene rings is 3. The molecule has 16 heteroatoms. The molecule has 1 aromatic heterocycles. The van der Waals surface area contributed by atoms with Gasteiger partial charge < -0.3 is 42.8 Å². The molecule has 6 amide bonds. The van der Waals surface area contributed by atoms with E-state index < -0.39 is 59.2 Å². The molecule has 0 radical (unpaired) electrons. The fourth-order valence-electron chi connectivity index (χ4n) is 7.31. The van der Waals surface area contributed by atoms with Crippen LogP contribution < -0.4 is 38.1 Å². The molecule has 2 heterocycles. The van der Waals surface area contributed by atoms with E-state index in [-0.39, 0.29) is 49.9 Å². The first-order valence-corrected chi connectivity index (χ1v) is 21.3. The van der Waals surface area contributed by atoms with Crippen LogP contribution in [0.2, 0.25) is 0 Å². The Labute approximate surface area is 374 Å². The monoisotopic (exact) mass is 875 g/mol. The van der Waals surface area contributed by atoms with E-state index in [9.17, 15) is 28.8 Å². The molecular weight excluding hydrogens is 815 g/mol. The summed E-state index contributed by atoms with van der Waals surface area (Å²) in [6, 6.07) is 15.2. The smallest absolute Gasteiger partial charge is 0.255 e. The number of carbonyl (C=O) groups is 6. The number of nitrogens with two attached hydrogens (primary N) is 2. The molecule has 5 rings (SSSR count). The Kier molecular flexibility index (Phi) is 15.4. The van der Waals surface area contributed by atoms with Gasteiger partial charge in [-0.3, -0.25) is 28.8 Å². The van der Waals surface area contributed by atoms with E-state index >= 15 is 0 Å². The lowest BCUT2D eigenvalue weighted by atomic mass is 9.86. The lowest BCUT2D eigenvalue weighted by Gasteiger charge is -2.27. The zero-order valence-electron chi connectivity index (χ0n) is 38.2. The van der Waals surface area contributed by atoms with E-state index in [2.05, 4.69) is 57.3 Å². The van der Waals surface area contributed by atoms with Gasteiger partial charge in [-0.05, 0) is 93.8 Å². The van der Waals surface area contributed by atoms with Gasteiger partial charge in [0.1, 0.15) is 18.1 Å². The van der Waals surface area contributed by atoms with E-state index in [0.29, 0.717) is 50.7 Å². The van der Waals surface area contributed by atoms with E-state index in [1.165, 1.54) is 0 Å². The first-order valence-electron chi connectivity index (χ1n) is 21.3. The number of carbonyl (C=O) groups excluding carboxylic acids is 6. The number of fused-ring (bicyclic) bond motifs is 5. The highest BCUT2D eigenvalue weighted by Crippen LogP contribution is 2.34. The number of aromatic nitrogens is 2. The van der Waals surface area contributed by atoms with Crippen molar-refractivity contribution in [3.63, 3.8) is 0 Å². The van der Waals surface area contributed by atoms with Gasteiger partial charge in [0, 0.05) is 17.5 Å². The Morgan fingerprint density at radius 1 is 0.828 bits per heavy atom. The Hall–Kier alpha value is -6.52. The normalized spacial score (nSPS) is 15.4. The van der Waals surface area contributed by atoms with Gasteiger partial charge >= 0.3 is 0 Å². The summed E-state index contributed by atoms with van der Waals surface area (Å²) in [5.41, 5.74) is 17.5. The lowest BCUT2D eigenvalue weighted by molar-refractivity contribution is -0.130. The zero-order chi connectivity index (χ0) is 47.1. The summed E-state index contributed by atoms with van der Waals surface area (Å²) in [5, 5.41) is 13.8. The second kappa shape index (κ2) is 20.3. The number of hydrogen-bond acceptors (Lipinski definition) is 10. The number of aryl methyl sites for hydroxylation is 3. The second-order valence-corrected chi connectivity index (χ2v) is 18.2. The molecule has 1 unspecified atom stereocenters. The van der Waals surface area contributed by atoms with Crippen molar-refractivity contribution >= 4 is 41.1 Å². The maximum atomic E-state index is 14.3. The minimum Gasteiger partial charge on any atom is -0.373 e. The Morgan fingerprint density at radius 2 is 1.50 bits per heavy atom. The number of primary amides is 1. The molecule has 0 spiro atoms. The molecule has 3 atom stereocenters. The summed E-state index contributed by atoms with van der Waals surface area (Å²) >= 11 is 0. The van der Waals surface area contributed by atoms with Crippen LogP contribution in [0, 0.1) is 20.8 Å². The predicted octanol–water partition coefficient (Wildman–Crippen LogP) is 3.60. The first-order chi connectivity index (χ1) is 30.0. The number of amides is 6. The molecule has 1 aliphatic heterocycles. The third-order valence-electron chi connectivity index (χ3n) is 10.7. The second-order valence-electron chi connectivity index (χ2n) is 18.2. The summed E-state index contributed by atoms with van der Waals surface area (Å²) in [6.07, 6.45) is 0.0402. The van der Waals surface area contributed by atoms with Gasteiger partial charge in [-0.25, -0.2) is 9.97 Å². The molecule has 1 aliphatic rings. The van der Waals surface area contributed by atoms with Crippen molar-refractivity contribution in [2.75, 3.05) is 25.0 Å². The maximum absolute atomic E-state index is 14.3. The molecule has 4 aromatic rings. The van der Waals surface area contributed by atoms with Crippen LogP contribution in [-0.4, -0.2) is 88.8 Å². The fourth-order valence-corrected chi connectivity index (χ4v) is 7.31. The Bertz CT molecular complexity index is 2400. The standard InChI is InChI=1S/C48H61N9O7/c1-26-19-30-21-34(32-12-10-11-29(20-32)23-38(58)51-24-39(59)54-36(22-30)42(50)60)41(26)57-44(61)35(17-18-49)55-45(62)37(25-64-48(7,8)9)56-46(63)40-27(2)52-43(53-28(40)3)31-13-15-33(16-14-31)47(4,5)6/h10-16,19-21,35-37H,17-18,22-25,49H2,1-9H3,(H2,50,60)(H,51,58)(H,54,59)(H,55,62)(H,56,63)(H,57,61)/t35-,36?,37-/m0/s1. The van der Waals surface area contributed by atoms with Crippen molar-refractivity contribution in [2.24, 2.45) is 11.5 Å². The van der Waals surface area contributed by atoms with Crippen molar-refractivity contribution in [1.29, 1.82) is 0 Å². The molecule has 16 nitrogen and oxygen atoms in total. The van der Waals surface area contributed by atoms with Crippen LogP contribution in [0.1, 0.15) is 92.0 Å². The molecule has 0 aliphatic carbocycles. The van der Waals surface area contributed by atoms with Gasteiger partial charge in [0.2, 0.25) is 29.5 Å². The van der Waals surface area contributed by atoms with Crippen LogP contribution >= 0.6 is 0 Å². The summed E-state index contributed by atoms with van der Waals surface area (Å²) in [5.74, 6) is -3.14. The average molecular weight is 876 g/mol. The van der Waals surface area contributed by atoms with Crippen LogP contribution in [0.3, 0.4) is 0 Å². The molecule has 0 saturated carbocycles. The number of ether oxygens (including phenoxy) is 1. The minimum atomic E-state index is -1.25. The molecule has 340 valence electrons. The Balaban J connectivity index is 1.43. The van der Waals surface area contributed by atoms with Crippen molar-refractivity contribution in [3.8, 4) is 22.5 Å². The summed E-state index contributed by atoms with van der Waals surface area (Å²) in [7, 11) is 0. The highest BCUT2D eigenvalue weighted by atomic mass is 16.5. The fraction of sp³-hybridized carbons (Fsp3) is 0.417. The zero-order valence-corrected chi connectivity index (χ0v) is 38.2. The highest BCUT2D eigenvalue weighted by molar-refractivity contribution is 6.03. The third-order valence-corrected chi connectivity index (χ3v) is 10.7. The lowest BCUT2D eigenvalue weighted by Crippen LogP contribution is -2.55. The number of hydrogen-bond donors (Lipinski definition) is 7. The number of nitrogens with zero attached hydrogens (tertiary/aromatic N) is 2. The predicted molar refractivity (Wildman–Crippen MR) is 245 cm³/mol. The van der Waals surface area contributed by atoms with Gasteiger partial charge in [-0.1, -0.05) is 75.4 Å². The third kappa shape index (κ3) is 12.8. The van der Waals surface area contributed by atoms with Crippen molar-refractivity contribution < 1.29 is 33.5 Å². The summed E-state index contributed by atoms with van der Waals surface area (Å²) in [6.45, 7) is 16.5. The van der Waals surface area contributed by atoms with Gasteiger partial charge in [-0.15, -0.1) is 0 Å². The van der Waals surface area contributed by atoms with E-state index in [1.807, 2.05) is 51.1 Å². The highest BCUT2D eigenvalue weighted by Gasteiger charge is 2.31. The van der Waals surface area contributed by atoms with Gasteiger partial charge in [0.15, 0.2) is 5.82 Å². The SMILES string of the molecule is Cc1cc2cc(c1NC(=O)[C@H](CCN)NC(=O)[C@H](COC(C)(C)C)NC(=O)c1c(C)nc(-c3ccc(C(C)(C)C)cc3)nc1C)-c1cccc(c1)CC(=O)NCC(=O)NC(C(N)=O)C2. The van der Waals surface area contributed by atoms with Crippen molar-refractivity contribution in [3.05, 3.63) is 99.9 Å². The quantitative estimate of drug-likeness (QED) is 0.109. The van der Waals surface area contributed by atoms with E-state index in [1.54, 1.807) is 51.1 Å². The minimum absolute atomic E-state index is 0.0301. The van der Waals surface area contributed by atoms with E-state index in [0.717, 1.165) is 11.1 Å².